The lowest BCUT2D eigenvalue weighted by Crippen LogP contribution is -2.43. The molecule has 2 aliphatic rings. The third-order valence-electron chi connectivity index (χ3n) is 4.52. The van der Waals surface area contributed by atoms with Gasteiger partial charge in [-0.05, 0) is 50.9 Å². The van der Waals surface area contributed by atoms with Crippen molar-refractivity contribution >= 4 is 11.7 Å². The highest BCUT2D eigenvalue weighted by Crippen LogP contribution is 2.34. The number of anilines is 1. The Hall–Kier alpha value is -1.59. The maximum atomic E-state index is 12.0. The molecule has 21 heavy (non-hydrogen) atoms. The number of fused-ring (bicyclic) bond motifs is 2. The van der Waals surface area contributed by atoms with E-state index in [1.165, 1.54) is 5.56 Å². The topological polar surface area (TPSA) is 62.4 Å². The van der Waals surface area contributed by atoms with Gasteiger partial charge in [0.15, 0.2) is 0 Å². The van der Waals surface area contributed by atoms with Crippen molar-refractivity contribution in [3.8, 4) is 0 Å². The lowest BCUT2D eigenvalue weighted by molar-refractivity contribution is 0.0984. The summed E-state index contributed by atoms with van der Waals surface area (Å²) in [4.78, 5) is 12.0. The lowest BCUT2D eigenvalue weighted by atomic mass is 9.96. The number of benzene rings is 1. The minimum atomic E-state index is -0.148. The number of carbonyl (C=O) groups excluding carboxylic acids is 1. The molecule has 2 saturated heterocycles. The Morgan fingerprint density at radius 1 is 1.29 bits per heavy atom. The summed E-state index contributed by atoms with van der Waals surface area (Å²) >= 11 is 0. The molecule has 1 aromatic carbocycles. The average Bonchev–Trinajstić information content (AvgIpc) is 3.09. The number of nitrogens with one attached hydrogen (secondary N) is 3. The minimum absolute atomic E-state index is 0.148. The second-order valence-corrected chi connectivity index (χ2v) is 5.95. The molecular weight excluding hydrogens is 266 g/mol. The molecule has 0 radical (unpaired) electrons. The summed E-state index contributed by atoms with van der Waals surface area (Å²) < 4.78 is 5.74. The quantitative estimate of drug-likeness (QED) is 0.797. The number of hydrogen-bond donors (Lipinski definition) is 3. The van der Waals surface area contributed by atoms with Crippen molar-refractivity contribution in [2.24, 2.45) is 0 Å². The Morgan fingerprint density at radius 2 is 2.05 bits per heavy atom. The van der Waals surface area contributed by atoms with E-state index < -0.39 is 0 Å². The molecule has 4 atom stereocenters. The van der Waals surface area contributed by atoms with Crippen LogP contribution in [0.3, 0.4) is 0 Å². The van der Waals surface area contributed by atoms with Gasteiger partial charge in [-0.2, -0.15) is 0 Å². The van der Waals surface area contributed by atoms with Crippen molar-refractivity contribution in [2.75, 3.05) is 12.4 Å². The van der Waals surface area contributed by atoms with E-state index in [1.807, 2.05) is 31.3 Å². The van der Waals surface area contributed by atoms with Crippen molar-refractivity contribution in [1.29, 1.82) is 0 Å². The number of carbonyl (C=O) groups is 1. The van der Waals surface area contributed by atoms with Crippen LogP contribution >= 0.6 is 0 Å². The fourth-order valence-corrected chi connectivity index (χ4v) is 3.15. The van der Waals surface area contributed by atoms with Crippen LogP contribution in [-0.4, -0.2) is 31.3 Å². The predicted octanol–water partition coefficient (Wildman–Crippen LogP) is 2.41. The van der Waals surface area contributed by atoms with Crippen LogP contribution in [0.25, 0.3) is 0 Å². The SMILES string of the molecule is CNC(C)c1ccc(NC(=O)NC2CC3CCC2O3)cc1. The van der Waals surface area contributed by atoms with Gasteiger partial charge < -0.3 is 20.7 Å². The third kappa shape index (κ3) is 3.19. The molecule has 5 heteroatoms. The van der Waals surface area contributed by atoms with E-state index in [9.17, 15) is 4.79 Å². The predicted molar refractivity (Wildman–Crippen MR) is 82.4 cm³/mol. The Labute approximate surface area is 125 Å². The molecule has 4 unspecified atom stereocenters. The van der Waals surface area contributed by atoms with Crippen molar-refractivity contribution in [2.45, 2.75) is 50.5 Å². The van der Waals surface area contributed by atoms with Crippen LogP contribution in [-0.2, 0) is 4.74 Å². The van der Waals surface area contributed by atoms with E-state index in [1.54, 1.807) is 0 Å². The van der Waals surface area contributed by atoms with Gasteiger partial charge in [0, 0.05) is 11.7 Å². The molecule has 0 spiro atoms. The van der Waals surface area contributed by atoms with Gasteiger partial charge in [0.2, 0.25) is 0 Å². The molecule has 2 heterocycles. The Kier molecular flexibility index (Phi) is 4.12. The van der Waals surface area contributed by atoms with Gasteiger partial charge in [-0.1, -0.05) is 12.1 Å². The van der Waals surface area contributed by atoms with E-state index in [2.05, 4.69) is 22.9 Å². The first kappa shape index (κ1) is 14.4. The number of hydrogen-bond acceptors (Lipinski definition) is 3. The summed E-state index contributed by atoms with van der Waals surface area (Å²) in [5, 5.41) is 9.10. The number of ether oxygens (including phenoxy) is 1. The van der Waals surface area contributed by atoms with E-state index >= 15 is 0 Å². The molecule has 0 aromatic heterocycles. The zero-order valence-corrected chi connectivity index (χ0v) is 12.6. The molecule has 5 nitrogen and oxygen atoms in total. The zero-order valence-electron chi connectivity index (χ0n) is 12.6. The number of rotatable bonds is 4. The highest BCUT2D eigenvalue weighted by Gasteiger charge is 2.41. The van der Waals surface area contributed by atoms with Crippen LogP contribution in [0.1, 0.15) is 37.8 Å². The van der Waals surface area contributed by atoms with Gasteiger partial charge in [-0.25, -0.2) is 4.79 Å². The minimum Gasteiger partial charge on any atom is -0.373 e. The van der Waals surface area contributed by atoms with E-state index in [4.69, 9.17) is 4.74 Å². The highest BCUT2D eigenvalue weighted by molar-refractivity contribution is 5.89. The van der Waals surface area contributed by atoms with Crippen molar-refractivity contribution < 1.29 is 9.53 Å². The fourth-order valence-electron chi connectivity index (χ4n) is 3.15. The first-order valence-electron chi connectivity index (χ1n) is 7.66. The van der Waals surface area contributed by atoms with E-state index in [0.29, 0.717) is 12.1 Å². The third-order valence-corrected chi connectivity index (χ3v) is 4.52. The monoisotopic (exact) mass is 289 g/mol. The van der Waals surface area contributed by atoms with Gasteiger partial charge in [-0.15, -0.1) is 0 Å². The van der Waals surface area contributed by atoms with Crippen molar-refractivity contribution in [3.63, 3.8) is 0 Å². The molecule has 3 rings (SSSR count). The van der Waals surface area contributed by atoms with Gasteiger partial charge >= 0.3 is 6.03 Å². The van der Waals surface area contributed by atoms with E-state index in [-0.39, 0.29) is 18.2 Å². The van der Waals surface area contributed by atoms with Gasteiger partial charge in [0.25, 0.3) is 0 Å². The molecule has 114 valence electrons. The second kappa shape index (κ2) is 6.03. The van der Waals surface area contributed by atoms with Crippen LogP contribution in [0.5, 0.6) is 0 Å². The normalized spacial score (nSPS) is 28.4. The highest BCUT2D eigenvalue weighted by atomic mass is 16.5. The number of amides is 2. The largest absolute Gasteiger partial charge is 0.373 e. The maximum absolute atomic E-state index is 12.0. The molecular formula is C16H23N3O2. The average molecular weight is 289 g/mol. The Balaban J connectivity index is 1.52. The molecule has 3 N–H and O–H groups in total. The summed E-state index contributed by atoms with van der Waals surface area (Å²) in [5.41, 5.74) is 2.01. The van der Waals surface area contributed by atoms with Crippen LogP contribution in [0.2, 0.25) is 0 Å². The molecule has 0 aliphatic carbocycles. The molecule has 0 saturated carbocycles. The lowest BCUT2D eigenvalue weighted by Gasteiger charge is -2.20. The fraction of sp³-hybridized carbons (Fsp3) is 0.562. The number of urea groups is 1. The second-order valence-electron chi connectivity index (χ2n) is 5.95. The summed E-state index contributed by atoms with van der Waals surface area (Å²) in [6.45, 7) is 2.10. The first-order chi connectivity index (χ1) is 10.2. The Morgan fingerprint density at radius 3 is 2.62 bits per heavy atom. The molecule has 2 aliphatic heterocycles. The standard InChI is InChI=1S/C16H23N3O2/c1-10(17-2)11-3-5-12(6-4-11)18-16(20)19-14-9-13-7-8-15(14)21-13/h3-6,10,13-15,17H,7-9H2,1-2H3,(H2,18,19,20). The first-order valence-corrected chi connectivity index (χ1v) is 7.66. The van der Waals surface area contributed by atoms with Crippen LogP contribution in [0.15, 0.2) is 24.3 Å². The summed E-state index contributed by atoms with van der Waals surface area (Å²) in [5.74, 6) is 0. The molecule has 2 fully saturated rings. The van der Waals surface area contributed by atoms with Crippen LogP contribution in [0, 0.1) is 0 Å². The summed E-state index contributed by atoms with van der Waals surface area (Å²) in [6, 6.07) is 8.23. The van der Waals surface area contributed by atoms with Gasteiger partial charge in [0.1, 0.15) is 0 Å². The van der Waals surface area contributed by atoms with Gasteiger partial charge in [-0.3, -0.25) is 0 Å². The summed E-state index contributed by atoms with van der Waals surface area (Å²) in [6.07, 6.45) is 3.70. The van der Waals surface area contributed by atoms with Crippen LogP contribution < -0.4 is 16.0 Å². The van der Waals surface area contributed by atoms with Gasteiger partial charge in [0.05, 0.1) is 18.2 Å². The summed E-state index contributed by atoms with van der Waals surface area (Å²) in [7, 11) is 1.93. The van der Waals surface area contributed by atoms with Crippen molar-refractivity contribution in [1.82, 2.24) is 10.6 Å². The molecule has 1 aromatic rings. The van der Waals surface area contributed by atoms with E-state index in [0.717, 1.165) is 24.9 Å². The van der Waals surface area contributed by atoms with Crippen LogP contribution in [0.4, 0.5) is 10.5 Å². The molecule has 2 bridgehead atoms. The maximum Gasteiger partial charge on any atom is 0.319 e. The smallest absolute Gasteiger partial charge is 0.319 e. The Bertz CT molecular complexity index is 503. The zero-order chi connectivity index (χ0) is 14.8. The molecule has 2 amide bonds. The van der Waals surface area contributed by atoms with Crippen molar-refractivity contribution in [3.05, 3.63) is 29.8 Å².